The van der Waals surface area contributed by atoms with Crippen molar-refractivity contribution in [2.24, 2.45) is 0 Å². The molecule has 0 atom stereocenters. The summed E-state index contributed by atoms with van der Waals surface area (Å²) in [5, 5.41) is 0. The van der Waals surface area contributed by atoms with Crippen molar-refractivity contribution in [2.75, 3.05) is 4.90 Å². The van der Waals surface area contributed by atoms with Crippen LogP contribution in [0.15, 0.2) is 115 Å². The summed E-state index contributed by atoms with van der Waals surface area (Å²) in [6.07, 6.45) is 0. The molecule has 6 aromatic rings. The molecule has 0 aromatic heterocycles. The first-order chi connectivity index (χ1) is 23.3. The van der Waals surface area contributed by atoms with Crippen molar-refractivity contribution >= 4 is 17.1 Å². The van der Waals surface area contributed by atoms with Gasteiger partial charge in [-0.3, -0.25) is 0 Å². The minimum atomic E-state index is -0.215. The Labute approximate surface area is 291 Å². The predicted octanol–water partition coefficient (Wildman–Crippen LogP) is 12.7. The maximum atomic E-state index is 2.68. The van der Waals surface area contributed by atoms with E-state index in [9.17, 15) is 0 Å². The first-order valence-electron chi connectivity index (χ1n) is 18.0. The quantitative estimate of drug-likeness (QED) is 0.183. The van der Waals surface area contributed by atoms with Crippen molar-refractivity contribution in [1.82, 2.24) is 0 Å². The summed E-state index contributed by atoms with van der Waals surface area (Å²) in [5.41, 5.74) is 22.9. The topological polar surface area (TPSA) is 3.24 Å². The highest BCUT2D eigenvalue weighted by molar-refractivity contribution is 6.00. The zero-order chi connectivity index (χ0) is 33.8. The molecular weight excluding hydrogens is 591 g/mol. The number of fused-ring (bicyclic) bond motifs is 3. The third-order valence-electron chi connectivity index (χ3n) is 13.0. The van der Waals surface area contributed by atoms with E-state index in [0.29, 0.717) is 0 Å². The molecule has 3 heterocycles. The van der Waals surface area contributed by atoms with Crippen LogP contribution in [0.4, 0.5) is 17.1 Å². The summed E-state index contributed by atoms with van der Waals surface area (Å²) < 4.78 is 0. The third kappa shape index (κ3) is 3.46. The van der Waals surface area contributed by atoms with E-state index in [1.54, 1.807) is 0 Å². The lowest BCUT2D eigenvalue weighted by Gasteiger charge is -2.55. The van der Waals surface area contributed by atoms with Gasteiger partial charge in [-0.25, -0.2) is 0 Å². The van der Waals surface area contributed by atoms with Crippen molar-refractivity contribution in [3.63, 3.8) is 0 Å². The van der Waals surface area contributed by atoms with Crippen molar-refractivity contribution < 1.29 is 0 Å². The van der Waals surface area contributed by atoms with Gasteiger partial charge in [-0.15, -0.1) is 0 Å². The molecule has 0 radical (unpaired) electrons. The lowest BCUT2D eigenvalue weighted by molar-refractivity contribution is 0.567. The normalized spacial score (nSPS) is 18.4. The van der Waals surface area contributed by atoms with Crippen molar-refractivity contribution in [3.05, 3.63) is 160 Å². The zero-order valence-corrected chi connectivity index (χ0v) is 29.9. The molecular formula is C48H43N. The van der Waals surface area contributed by atoms with Gasteiger partial charge in [-0.05, 0) is 108 Å². The monoisotopic (exact) mass is 633 g/mol. The van der Waals surface area contributed by atoms with Gasteiger partial charge in [0.1, 0.15) is 0 Å². The van der Waals surface area contributed by atoms with E-state index in [-0.39, 0.29) is 21.7 Å². The van der Waals surface area contributed by atoms with Gasteiger partial charge in [0, 0.05) is 21.7 Å². The Balaban J connectivity index is 1.28. The predicted molar refractivity (Wildman–Crippen MR) is 206 cm³/mol. The molecule has 1 nitrogen and oxygen atoms in total. The molecule has 1 heteroatoms. The number of para-hydroxylation sites is 1. The molecule has 0 unspecified atom stereocenters. The number of benzene rings is 6. The van der Waals surface area contributed by atoms with Gasteiger partial charge in [-0.2, -0.15) is 0 Å². The van der Waals surface area contributed by atoms with Crippen LogP contribution in [0.25, 0.3) is 33.4 Å². The lowest BCUT2D eigenvalue weighted by Crippen LogP contribution is -2.43. The summed E-state index contributed by atoms with van der Waals surface area (Å²) in [6.45, 7) is 19.5. The number of rotatable bonds is 2. The van der Waals surface area contributed by atoms with Crippen molar-refractivity contribution in [1.29, 1.82) is 0 Å². The fourth-order valence-corrected chi connectivity index (χ4v) is 10.1. The molecule has 49 heavy (non-hydrogen) atoms. The van der Waals surface area contributed by atoms with E-state index >= 15 is 0 Å². The number of hydrogen-bond acceptors (Lipinski definition) is 1. The highest BCUT2D eigenvalue weighted by Crippen LogP contribution is 2.67. The summed E-state index contributed by atoms with van der Waals surface area (Å²) in [5.74, 6) is 0. The van der Waals surface area contributed by atoms with Crippen LogP contribution in [0.1, 0.15) is 99.9 Å². The first-order valence-corrected chi connectivity index (χ1v) is 18.0. The Morgan fingerprint density at radius 3 is 1.31 bits per heavy atom. The molecule has 0 fully saturated rings. The highest BCUT2D eigenvalue weighted by Gasteiger charge is 2.52. The summed E-state index contributed by atoms with van der Waals surface area (Å²) in [7, 11) is 0. The minimum Gasteiger partial charge on any atom is -0.309 e. The largest absolute Gasteiger partial charge is 0.309 e. The average Bonchev–Trinajstić information content (AvgIpc) is 3.33. The molecule has 0 amide bonds. The van der Waals surface area contributed by atoms with Crippen molar-refractivity contribution in [3.8, 4) is 33.4 Å². The van der Waals surface area contributed by atoms with Gasteiger partial charge in [0.25, 0.3) is 0 Å². The van der Waals surface area contributed by atoms with E-state index in [0.717, 1.165) is 0 Å². The molecule has 1 aliphatic carbocycles. The Morgan fingerprint density at radius 2 is 0.714 bits per heavy atom. The van der Waals surface area contributed by atoms with Crippen LogP contribution in [0.2, 0.25) is 0 Å². The Bertz CT molecular complexity index is 2430. The van der Waals surface area contributed by atoms with Crippen LogP contribution in [-0.2, 0) is 21.7 Å². The maximum absolute atomic E-state index is 2.68. The Kier molecular flexibility index (Phi) is 5.35. The maximum Gasteiger partial charge on any atom is 0.0544 e. The van der Waals surface area contributed by atoms with Gasteiger partial charge < -0.3 is 4.90 Å². The van der Waals surface area contributed by atoms with Gasteiger partial charge in [-0.1, -0.05) is 140 Å². The van der Waals surface area contributed by atoms with Crippen LogP contribution >= 0.6 is 0 Å². The fourth-order valence-electron chi connectivity index (χ4n) is 10.1. The molecule has 6 aromatic carbocycles. The molecule has 0 N–H and O–H groups in total. The van der Waals surface area contributed by atoms with Gasteiger partial charge in [0.2, 0.25) is 0 Å². The van der Waals surface area contributed by atoms with Gasteiger partial charge in [0.15, 0.2) is 0 Å². The molecule has 4 aliphatic rings. The van der Waals surface area contributed by atoms with Crippen LogP contribution in [0.5, 0.6) is 0 Å². The number of hydrogen-bond donors (Lipinski definition) is 0. The van der Waals surface area contributed by atoms with Crippen LogP contribution in [-0.4, -0.2) is 0 Å². The summed E-state index contributed by atoms with van der Waals surface area (Å²) in [6, 6.07) is 44.3. The SMILES string of the molecule is CC1(C)c2ccccc2-c2ccc(-c3cc4c5c(c3)C(C)(C)c3cc(-c6ccccc6)cc6c3N5c3c(cccc3C4(C)C)C6(C)C)cc21. The van der Waals surface area contributed by atoms with Gasteiger partial charge in [0.05, 0.1) is 17.1 Å². The number of nitrogens with zero attached hydrogens (tertiary/aromatic N) is 1. The molecule has 0 saturated carbocycles. The lowest BCUT2D eigenvalue weighted by atomic mass is 9.60. The van der Waals surface area contributed by atoms with Gasteiger partial charge >= 0.3 is 0 Å². The third-order valence-corrected chi connectivity index (χ3v) is 13.0. The second-order valence-electron chi connectivity index (χ2n) is 17.0. The highest BCUT2D eigenvalue weighted by atomic mass is 15.2. The molecule has 0 spiro atoms. The molecule has 10 rings (SSSR count). The standard InChI is InChI=1S/C48H43N/c1-45(2)34-18-13-12-17-32(34)33-22-21-29(23-37(33)45)31-26-39-44-41(27-31)48(7,8)40-25-30(28-15-10-9-11-16-28)24-38-43(40)49(44)42-35(46(38,3)4)19-14-20-36(42)47(39,5)6/h9-27H,1-8H3. The smallest absolute Gasteiger partial charge is 0.0544 e. The van der Waals surface area contributed by atoms with Crippen molar-refractivity contribution in [2.45, 2.75) is 77.0 Å². The first kappa shape index (κ1) is 29.1. The Hall–Kier alpha value is -4.88. The van der Waals surface area contributed by atoms with E-state index in [1.807, 2.05) is 0 Å². The second-order valence-corrected chi connectivity index (χ2v) is 17.0. The zero-order valence-electron chi connectivity index (χ0n) is 29.9. The number of anilines is 3. The van der Waals surface area contributed by atoms with Crippen LogP contribution in [0, 0.1) is 0 Å². The fraction of sp³-hybridized carbons (Fsp3) is 0.250. The van der Waals surface area contributed by atoms with Crippen LogP contribution < -0.4 is 4.90 Å². The molecule has 0 bridgehead atoms. The van der Waals surface area contributed by atoms with Crippen LogP contribution in [0.3, 0.4) is 0 Å². The molecule has 3 aliphatic heterocycles. The average molecular weight is 634 g/mol. The molecule has 240 valence electrons. The second kappa shape index (κ2) is 9.01. The Morgan fingerprint density at radius 1 is 0.306 bits per heavy atom. The summed E-state index contributed by atoms with van der Waals surface area (Å²) in [4.78, 5) is 2.68. The van der Waals surface area contributed by atoms with E-state index in [1.165, 1.54) is 95.0 Å². The minimum absolute atomic E-state index is 0.0396. The van der Waals surface area contributed by atoms with E-state index in [4.69, 9.17) is 0 Å². The summed E-state index contributed by atoms with van der Waals surface area (Å²) >= 11 is 0. The van der Waals surface area contributed by atoms with E-state index < -0.39 is 0 Å². The molecule has 0 saturated heterocycles. The van der Waals surface area contributed by atoms with E-state index in [2.05, 4.69) is 176 Å².